The van der Waals surface area contributed by atoms with Crippen LogP contribution >= 0.6 is 0 Å². The standard InChI is InChI=1S/C20H18F2N6O/c21-12-4-5-18(17(22)8-12)27-10-15-16(11-27)19(15)25-20(29)24-13-2-1-3-14(9-13)28-7-6-23-26-28/h1-9,15-16,19H,10-11H2,(H2,24,25,29). The molecular weight excluding hydrogens is 378 g/mol. The van der Waals surface area contributed by atoms with Crippen LogP contribution in [0, 0.1) is 23.5 Å². The van der Waals surface area contributed by atoms with Crippen molar-refractivity contribution in [2.24, 2.45) is 11.8 Å². The van der Waals surface area contributed by atoms with Gasteiger partial charge in [0.25, 0.3) is 0 Å². The molecule has 2 amide bonds. The zero-order chi connectivity index (χ0) is 20.0. The molecule has 1 saturated carbocycles. The minimum atomic E-state index is -0.584. The monoisotopic (exact) mass is 396 g/mol. The van der Waals surface area contributed by atoms with Gasteiger partial charge in [-0.1, -0.05) is 11.3 Å². The number of anilines is 2. The van der Waals surface area contributed by atoms with E-state index in [-0.39, 0.29) is 23.9 Å². The third-order valence-electron chi connectivity index (χ3n) is 5.53. The molecule has 2 aliphatic rings. The van der Waals surface area contributed by atoms with E-state index in [2.05, 4.69) is 20.9 Å². The summed E-state index contributed by atoms with van der Waals surface area (Å²) < 4.78 is 28.7. The lowest BCUT2D eigenvalue weighted by molar-refractivity contribution is 0.250. The molecule has 2 N–H and O–H groups in total. The second kappa shape index (κ2) is 6.84. The summed E-state index contributed by atoms with van der Waals surface area (Å²) in [6, 6.07) is 10.7. The number of carbonyl (C=O) groups excluding carboxylic acids is 1. The molecule has 2 atom stereocenters. The number of halogens is 2. The summed E-state index contributed by atoms with van der Waals surface area (Å²) in [5, 5.41) is 13.5. The Kier molecular flexibility index (Phi) is 4.15. The van der Waals surface area contributed by atoms with Crippen molar-refractivity contribution in [3.05, 3.63) is 66.5 Å². The third kappa shape index (κ3) is 3.39. The SMILES string of the molecule is O=C(Nc1cccc(-n2ccnn2)c1)NC1C2CN(c3ccc(F)cc3F)CC21. The first-order valence-corrected chi connectivity index (χ1v) is 9.33. The molecule has 2 unspecified atom stereocenters. The molecule has 0 radical (unpaired) electrons. The minimum absolute atomic E-state index is 0.0632. The highest BCUT2D eigenvalue weighted by Crippen LogP contribution is 2.47. The van der Waals surface area contributed by atoms with Gasteiger partial charge in [0.2, 0.25) is 0 Å². The van der Waals surface area contributed by atoms with Gasteiger partial charge >= 0.3 is 6.03 Å². The van der Waals surface area contributed by atoms with Gasteiger partial charge in [0.15, 0.2) is 0 Å². The summed E-state index contributed by atoms with van der Waals surface area (Å²) in [4.78, 5) is 14.3. The van der Waals surface area contributed by atoms with E-state index in [1.165, 1.54) is 12.1 Å². The molecule has 29 heavy (non-hydrogen) atoms. The molecule has 1 aliphatic carbocycles. The van der Waals surface area contributed by atoms with Gasteiger partial charge in [-0.15, -0.1) is 5.10 Å². The Hall–Kier alpha value is -3.49. The molecule has 1 saturated heterocycles. The first-order chi connectivity index (χ1) is 14.1. The topological polar surface area (TPSA) is 75.1 Å². The van der Waals surface area contributed by atoms with Crippen LogP contribution in [0.1, 0.15) is 0 Å². The van der Waals surface area contributed by atoms with Crippen molar-refractivity contribution in [2.45, 2.75) is 6.04 Å². The van der Waals surface area contributed by atoms with Crippen molar-refractivity contribution in [3.8, 4) is 5.69 Å². The molecule has 0 spiro atoms. The number of carbonyl (C=O) groups is 1. The summed E-state index contributed by atoms with van der Waals surface area (Å²) in [6.07, 6.45) is 3.31. The maximum absolute atomic E-state index is 14.0. The molecule has 148 valence electrons. The highest BCUT2D eigenvalue weighted by atomic mass is 19.1. The summed E-state index contributed by atoms with van der Waals surface area (Å²) in [7, 11) is 0. The van der Waals surface area contributed by atoms with Crippen molar-refractivity contribution in [1.29, 1.82) is 0 Å². The Morgan fingerprint density at radius 3 is 2.66 bits per heavy atom. The number of amides is 2. The number of fused-ring (bicyclic) bond motifs is 1. The van der Waals surface area contributed by atoms with E-state index in [9.17, 15) is 13.6 Å². The average molecular weight is 396 g/mol. The zero-order valence-corrected chi connectivity index (χ0v) is 15.3. The highest BCUT2D eigenvalue weighted by molar-refractivity contribution is 5.90. The maximum Gasteiger partial charge on any atom is 0.319 e. The van der Waals surface area contributed by atoms with Crippen LogP contribution in [0.5, 0.6) is 0 Å². The van der Waals surface area contributed by atoms with E-state index in [0.29, 0.717) is 24.5 Å². The number of piperidine rings is 1. The van der Waals surface area contributed by atoms with Gasteiger partial charge in [0.1, 0.15) is 11.6 Å². The van der Waals surface area contributed by atoms with E-state index in [4.69, 9.17) is 0 Å². The molecule has 2 fully saturated rings. The number of benzene rings is 2. The summed E-state index contributed by atoms with van der Waals surface area (Å²) in [6.45, 7) is 1.28. The quantitative estimate of drug-likeness (QED) is 0.711. The van der Waals surface area contributed by atoms with E-state index >= 15 is 0 Å². The van der Waals surface area contributed by atoms with Crippen molar-refractivity contribution >= 4 is 17.4 Å². The van der Waals surface area contributed by atoms with Crippen molar-refractivity contribution < 1.29 is 13.6 Å². The molecule has 5 rings (SSSR count). The van der Waals surface area contributed by atoms with E-state index in [1.54, 1.807) is 29.2 Å². The molecule has 3 aromatic rings. The van der Waals surface area contributed by atoms with E-state index in [0.717, 1.165) is 11.8 Å². The van der Waals surface area contributed by atoms with Gasteiger partial charge in [-0.05, 0) is 30.3 Å². The fourth-order valence-electron chi connectivity index (χ4n) is 4.07. The normalized spacial score (nSPS) is 22.3. The molecular formula is C20H18F2N6O. The molecule has 2 heterocycles. The Morgan fingerprint density at radius 1 is 1.10 bits per heavy atom. The number of aromatic nitrogens is 3. The van der Waals surface area contributed by atoms with Crippen LogP contribution in [0.3, 0.4) is 0 Å². The largest absolute Gasteiger partial charge is 0.368 e. The first kappa shape index (κ1) is 17.6. The van der Waals surface area contributed by atoms with Crippen molar-refractivity contribution in [3.63, 3.8) is 0 Å². The van der Waals surface area contributed by atoms with E-state index in [1.807, 2.05) is 17.0 Å². The lowest BCUT2D eigenvalue weighted by atomic mass is 10.2. The van der Waals surface area contributed by atoms with Crippen molar-refractivity contribution in [1.82, 2.24) is 20.3 Å². The second-order valence-electron chi connectivity index (χ2n) is 7.35. The Balaban J connectivity index is 1.17. The average Bonchev–Trinajstić information content (AvgIpc) is 3.13. The smallest absolute Gasteiger partial charge is 0.319 e. The third-order valence-corrected chi connectivity index (χ3v) is 5.53. The van der Waals surface area contributed by atoms with Crippen LogP contribution in [-0.2, 0) is 0 Å². The van der Waals surface area contributed by atoms with Gasteiger partial charge in [-0.3, -0.25) is 0 Å². The number of rotatable bonds is 4. The summed E-state index contributed by atoms with van der Waals surface area (Å²) in [5.41, 5.74) is 1.85. The van der Waals surface area contributed by atoms with Gasteiger partial charge in [-0.25, -0.2) is 18.3 Å². The van der Waals surface area contributed by atoms with Crippen LogP contribution in [0.25, 0.3) is 5.69 Å². The molecule has 7 nitrogen and oxygen atoms in total. The Morgan fingerprint density at radius 2 is 1.93 bits per heavy atom. The summed E-state index contributed by atoms with van der Waals surface area (Å²) >= 11 is 0. The minimum Gasteiger partial charge on any atom is -0.368 e. The molecule has 1 aromatic heterocycles. The molecule has 1 aliphatic heterocycles. The fraction of sp³-hybridized carbons (Fsp3) is 0.250. The van der Waals surface area contributed by atoms with Gasteiger partial charge < -0.3 is 15.5 Å². The van der Waals surface area contributed by atoms with Crippen molar-refractivity contribution in [2.75, 3.05) is 23.3 Å². The van der Waals surface area contributed by atoms with E-state index < -0.39 is 11.6 Å². The van der Waals surface area contributed by atoms with Crippen LogP contribution in [0.2, 0.25) is 0 Å². The van der Waals surface area contributed by atoms with Crippen LogP contribution in [0.15, 0.2) is 54.9 Å². The van der Waals surface area contributed by atoms with Gasteiger partial charge in [0, 0.05) is 42.7 Å². The lowest BCUT2D eigenvalue weighted by Gasteiger charge is -2.23. The highest BCUT2D eigenvalue weighted by Gasteiger charge is 2.56. The first-order valence-electron chi connectivity index (χ1n) is 9.33. The Labute approximate surface area is 165 Å². The number of hydrogen-bond acceptors (Lipinski definition) is 4. The molecule has 9 heteroatoms. The number of nitrogens with one attached hydrogen (secondary N) is 2. The molecule has 0 bridgehead atoms. The lowest BCUT2D eigenvalue weighted by Crippen LogP contribution is -2.37. The number of urea groups is 1. The van der Waals surface area contributed by atoms with Crippen LogP contribution < -0.4 is 15.5 Å². The van der Waals surface area contributed by atoms with Crippen LogP contribution in [-0.4, -0.2) is 40.2 Å². The number of nitrogens with zero attached hydrogens (tertiary/aromatic N) is 4. The summed E-state index contributed by atoms with van der Waals surface area (Å²) in [5.74, 6) is -0.598. The zero-order valence-electron chi connectivity index (χ0n) is 15.3. The molecule has 2 aromatic carbocycles. The predicted octanol–water partition coefficient (Wildman–Crippen LogP) is 2.80. The fourth-order valence-corrected chi connectivity index (χ4v) is 4.07. The second-order valence-corrected chi connectivity index (χ2v) is 7.35. The van der Waals surface area contributed by atoms with Crippen LogP contribution in [0.4, 0.5) is 25.0 Å². The Bertz CT molecular complexity index is 1040. The predicted molar refractivity (Wildman–Crippen MR) is 103 cm³/mol. The van der Waals surface area contributed by atoms with Gasteiger partial charge in [0.05, 0.1) is 23.8 Å². The maximum atomic E-state index is 14.0. The van der Waals surface area contributed by atoms with Gasteiger partial charge in [-0.2, -0.15) is 0 Å². The number of hydrogen-bond donors (Lipinski definition) is 2.